The highest BCUT2D eigenvalue weighted by molar-refractivity contribution is 5.85. The molecule has 0 saturated heterocycles. The second-order valence-electron chi connectivity index (χ2n) is 7.36. The van der Waals surface area contributed by atoms with Crippen LogP contribution in [0.1, 0.15) is 37.8 Å². The molecule has 28 heavy (non-hydrogen) atoms. The van der Waals surface area contributed by atoms with Crippen LogP contribution >= 0.6 is 12.4 Å². The van der Waals surface area contributed by atoms with Gasteiger partial charge in [-0.1, -0.05) is 12.8 Å². The Morgan fingerprint density at radius 2 is 1.93 bits per heavy atom. The van der Waals surface area contributed by atoms with E-state index in [1.165, 1.54) is 12.8 Å². The van der Waals surface area contributed by atoms with Gasteiger partial charge >= 0.3 is 0 Å². The van der Waals surface area contributed by atoms with E-state index in [2.05, 4.69) is 38.1 Å². The average molecular weight is 399 g/mol. The molecule has 1 fully saturated rings. The van der Waals surface area contributed by atoms with E-state index in [4.69, 9.17) is 0 Å². The third kappa shape index (κ3) is 4.20. The monoisotopic (exact) mass is 398 g/mol. The molecule has 5 nitrogen and oxygen atoms in total. The summed E-state index contributed by atoms with van der Waals surface area (Å²) in [6.45, 7) is 3.55. The summed E-state index contributed by atoms with van der Waals surface area (Å²) >= 11 is 0. The minimum Gasteiger partial charge on any atom is -0.356 e. The Hall–Kier alpha value is -2.40. The maximum atomic E-state index is 12.2. The van der Waals surface area contributed by atoms with E-state index < -0.39 is 0 Å². The summed E-state index contributed by atoms with van der Waals surface area (Å²) in [5, 5.41) is 4.25. The topological polar surface area (TPSA) is 59.8 Å². The van der Waals surface area contributed by atoms with E-state index in [0.717, 1.165) is 53.8 Å². The molecule has 0 aliphatic heterocycles. The molecule has 148 valence electrons. The second kappa shape index (κ2) is 9.20. The SMILES string of the molecule is Cc1ncccc1-c1cc2cccnc2n1CCCNC(=O)C1CCCC1.Cl. The molecule has 1 N–H and O–H groups in total. The van der Waals surface area contributed by atoms with Crippen molar-refractivity contribution in [3.63, 3.8) is 0 Å². The Labute approximate surface area is 172 Å². The van der Waals surface area contributed by atoms with Crippen LogP contribution in [0.25, 0.3) is 22.3 Å². The van der Waals surface area contributed by atoms with Crippen molar-refractivity contribution < 1.29 is 4.79 Å². The standard InChI is InChI=1S/C22H26N4O.ClH/c1-16-19(10-5-11-23-16)20-15-18-9-4-12-24-21(18)26(20)14-6-13-25-22(27)17-7-2-3-8-17;/h4-5,9-12,15,17H,2-3,6-8,13-14H2,1H3,(H,25,27);1H. The number of hydrogen-bond acceptors (Lipinski definition) is 3. The fourth-order valence-corrected chi connectivity index (χ4v) is 4.07. The Kier molecular flexibility index (Phi) is 6.68. The summed E-state index contributed by atoms with van der Waals surface area (Å²) in [6, 6.07) is 10.3. The van der Waals surface area contributed by atoms with Gasteiger partial charge in [-0.25, -0.2) is 4.98 Å². The fourth-order valence-electron chi connectivity index (χ4n) is 4.07. The molecule has 1 amide bonds. The van der Waals surface area contributed by atoms with Crippen molar-refractivity contribution in [3.05, 3.63) is 48.4 Å². The van der Waals surface area contributed by atoms with E-state index in [1.54, 1.807) is 0 Å². The van der Waals surface area contributed by atoms with Gasteiger partial charge in [0.25, 0.3) is 0 Å². The number of hydrogen-bond donors (Lipinski definition) is 1. The quantitative estimate of drug-likeness (QED) is 0.621. The molecular formula is C22H27ClN4O. The normalized spacial score (nSPS) is 14.2. The highest BCUT2D eigenvalue weighted by Gasteiger charge is 2.22. The average Bonchev–Trinajstić information content (AvgIpc) is 3.34. The van der Waals surface area contributed by atoms with Gasteiger partial charge in [-0.15, -0.1) is 12.4 Å². The zero-order chi connectivity index (χ0) is 18.6. The summed E-state index contributed by atoms with van der Waals surface area (Å²) in [6.07, 6.45) is 9.00. The molecule has 3 heterocycles. The Morgan fingerprint density at radius 1 is 1.18 bits per heavy atom. The van der Waals surface area contributed by atoms with Crippen LogP contribution in [0.5, 0.6) is 0 Å². The number of aromatic nitrogens is 3. The molecule has 4 rings (SSSR count). The lowest BCUT2D eigenvalue weighted by Gasteiger charge is -2.13. The van der Waals surface area contributed by atoms with Crippen LogP contribution in [0.15, 0.2) is 42.7 Å². The lowest BCUT2D eigenvalue weighted by atomic mass is 10.1. The number of carbonyl (C=O) groups excluding carboxylic acids is 1. The predicted molar refractivity (Wildman–Crippen MR) is 115 cm³/mol. The van der Waals surface area contributed by atoms with E-state index in [0.29, 0.717) is 6.54 Å². The van der Waals surface area contributed by atoms with E-state index in [1.807, 2.05) is 31.5 Å². The number of rotatable bonds is 6. The summed E-state index contributed by atoms with van der Waals surface area (Å²) < 4.78 is 2.25. The first-order valence-corrected chi connectivity index (χ1v) is 9.88. The van der Waals surface area contributed by atoms with Gasteiger partial charge in [0.15, 0.2) is 0 Å². The van der Waals surface area contributed by atoms with E-state index in [9.17, 15) is 4.79 Å². The minimum absolute atomic E-state index is 0. The van der Waals surface area contributed by atoms with Crippen molar-refractivity contribution in [2.75, 3.05) is 6.54 Å². The molecule has 0 unspecified atom stereocenters. The van der Waals surface area contributed by atoms with Crippen molar-refractivity contribution in [3.8, 4) is 11.3 Å². The highest BCUT2D eigenvalue weighted by Crippen LogP contribution is 2.29. The molecule has 0 atom stereocenters. The summed E-state index contributed by atoms with van der Waals surface area (Å²) in [7, 11) is 0. The maximum Gasteiger partial charge on any atom is 0.223 e. The number of halogens is 1. The zero-order valence-corrected chi connectivity index (χ0v) is 17.0. The molecular weight excluding hydrogens is 372 g/mol. The van der Waals surface area contributed by atoms with Crippen molar-refractivity contribution in [1.29, 1.82) is 0 Å². The lowest BCUT2D eigenvalue weighted by Crippen LogP contribution is -2.30. The van der Waals surface area contributed by atoms with Crippen molar-refractivity contribution >= 4 is 29.3 Å². The Balaban J connectivity index is 0.00000225. The van der Waals surface area contributed by atoms with Crippen LogP contribution in [-0.2, 0) is 11.3 Å². The maximum absolute atomic E-state index is 12.2. The van der Waals surface area contributed by atoms with E-state index >= 15 is 0 Å². The second-order valence-corrected chi connectivity index (χ2v) is 7.36. The van der Waals surface area contributed by atoms with Crippen molar-refractivity contribution in [2.24, 2.45) is 5.92 Å². The van der Waals surface area contributed by atoms with Crippen LogP contribution in [0.4, 0.5) is 0 Å². The van der Waals surface area contributed by atoms with Crippen molar-refractivity contribution in [2.45, 2.75) is 45.6 Å². The molecule has 1 saturated carbocycles. The first kappa shape index (κ1) is 20.3. The van der Waals surface area contributed by atoms with Gasteiger partial charge in [0.1, 0.15) is 5.65 Å². The predicted octanol–water partition coefficient (Wildman–Crippen LogP) is 4.53. The molecule has 1 aliphatic carbocycles. The van der Waals surface area contributed by atoms with E-state index in [-0.39, 0.29) is 24.2 Å². The van der Waals surface area contributed by atoms with Gasteiger partial charge in [-0.05, 0) is 56.5 Å². The first-order valence-electron chi connectivity index (χ1n) is 9.88. The molecule has 6 heteroatoms. The number of amides is 1. The molecule has 0 bridgehead atoms. The molecule has 0 aromatic carbocycles. The molecule has 0 spiro atoms. The Morgan fingerprint density at radius 3 is 2.71 bits per heavy atom. The van der Waals surface area contributed by atoms with Crippen LogP contribution < -0.4 is 5.32 Å². The number of aryl methyl sites for hydroxylation is 2. The van der Waals surface area contributed by atoms with Gasteiger partial charge in [0.2, 0.25) is 5.91 Å². The van der Waals surface area contributed by atoms with Crippen LogP contribution in [0, 0.1) is 12.8 Å². The molecule has 0 radical (unpaired) electrons. The number of pyridine rings is 2. The van der Waals surface area contributed by atoms with Crippen LogP contribution in [0.3, 0.4) is 0 Å². The lowest BCUT2D eigenvalue weighted by molar-refractivity contribution is -0.124. The zero-order valence-electron chi connectivity index (χ0n) is 16.2. The number of carbonyl (C=O) groups is 1. The van der Waals surface area contributed by atoms with Gasteiger partial charge in [-0.2, -0.15) is 0 Å². The van der Waals surface area contributed by atoms with Gasteiger partial charge in [0, 0.05) is 48.0 Å². The van der Waals surface area contributed by atoms with Crippen LogP contribution in [0.2, 0.25) is 0 Å². The third-order valence-corrected chi connectivity index (χ3v) is 5.52. The van der Waals surface area contributed by atoms with Crippen molar-refractivity contribution in [1.82, 2.24) is 19.9 Å². The third-order valence-electron chi connectivity index (χ3n) is 5.52. The number of nitrogens with one attached hydrogen (secondary N) is 1. The fraction of sp³-hybridized carbons (Fsp3) is 0.409. The first-order chi connectivity index (χ1) is 13.2. The molecule has 1 aliphatic rings. The summed E-state index contributed by atoms with van der Waals surface area (Å²) in [5.41, 5.74) is 4.26. The smallest absolute Gasteiger partial charge is 0.223 e. The molecule has 3 aromatic rings. The Bertz CT molecular complexity index is 947. The summed E-state index contributed by atoms with van der Waals surface area (Å²) in [4.78, 5) is 21.2. The summed E-state index contributed by atoms with van der Waals surface area (Å²) in [5.74, 6) is 0.457. The van der Waals surface area contributed by atoms with Gasteiger partial charge < -0.3 is 9.88 Å². The van der Waals surface area contributed by atoms with Gasteiger partial charge in [-0.3, -0.25) is 9.78 Å². The number of nitrogens with zero attached hydrogens (tertiary/aromatic N) is 3. The number of fused-ring (bicyclic) bond motifs is 1. The largest absolute Gasteiger partial charge is 0.356 e. The minimum atomic E-state index is 0. The van der Waals surface area contributed by atoms with Crippen LogP contribution in [-0.4, -0.2) is 27.0 Å². The highest BCUT2D eigenvalue weighted by atomic mass is 35.5. The van der Waals surface area contributed by atoms with Gasteiger partial charge in [0.05, 0.1) is 5.69 Å². The molecule has 3 aromatic heterocycles.